The maximum Gasteiger partial charge on any atom is 0.227 e. The normalized spacial score (nSPS) is 15.9. The van der Waals surface area contributed by atoms with Gasteiger partial charge in [0.05, 0.1) is 11.7 Å². The van der Waals surface area contributed by atoms with Crippen LogP contribution in [0.1, 0.15) is 32.4 Å². The first-order valence-electron chi connectivity index (χ1n) is 7.47. The van der Waals surface area contributed by atoms with E-state index in [-0.39, 0.29) is 23.5 Å². The second-order valence-electron chi connectivity index (χ2n) is 5.72. The molecule has 0 aliphatic carbocycles. The Balaban J connectivity index is 2.77. The number of carbonyl (C=O) groups is 1. The van der Waals surface area contributed by atoms with E-state index < -0.39 is 21.8 Å². The van der Waals surface area contributed by atoms with Gasteiger partial charge in [-0.1, -0.05) is 44.2 Å². The minimum atomic E-state index is -3.12. The molecule has 3 unspecified atom stereocenters. The van der Waals surface area contributed by atoms with E-state index >= 15 is 0 Å². The van der Waals surface area contributed by atoms with Gasteiger partial charge in [0.15, 0.2) is 9.84 Å². The summed E-state index contributed by atoms with van der Waals surface area (Å²) in [5, 5.41) is 0. The fourth-order valence-electron chi connectivity index (χ4n) is 2.25. The lowest BCUT2D eigenvalue weighted by molar-refractivity contribution is -0.135. The van der Waals surface area contributed by atoms with Crippen molar-refractivity contribution in [3.8, 4) is 0 Å². The summed E-state index contributed by atoms with van der Waals surface area (Å²) in [6.45, 7) is 5.13. The molecule has 6 heteroatoms. The Kier molecular flexibility index (Phi) is 6.56. The summed E-state index contributed by atoms with van der Waals surface area (Å²) in [4.78, 5) is 14.0. The zero-order valence-corrected chi connectivity index (χ0v) is 14.5. The second-order valence-corrected chi connectivity index (χ2v) is 8.12. The molecule has 2 N–H and O–H groups in total. The van der Waals surface area contributed by atoms with Crippen molar-refractivity contribution in [3.63, 3.8) is 0 Å². The van der Waals surface area contributed by atoms with E-state index in [2.05, 4.69) is 0 Å². The molecule has 124 valence electrons. The molecule has 3 atom stereocenters. The molecule has 0 heterocycles. The van der Waals surface area contributed by atoms with E-state index in [4.69, 9.17) is 5.73 Å². The molecule has 0 aliphatic heterocycles. The minimum Gasteiger partial charge on any atom is -0.342 e. The highest BCUT2D eigenvalue weighted by Gasteiger charge is 2.28. The summed E-state index contributed by atoms with van der Waals surface area (Å²) in [5.74, 6) is -0.508. The highest BCUT2D eigenvalue weighted by molar-refractivity contribution is 7.91. The average Bonchev–Trinajstić information content (AvgIpc) is 2.52. The third-order valence-electron chi connectivity index (χ3n) is 4.06. The first-order valence-corrected chi connectivity index (χ1v) is 9.29. The van der Waals surface area contributed by atoms with E-state index in [0.717, 1.165) is 5.56 Å². The molecule has 22 heavy (non-hydrogen) atoms. The number of hydrogen-bond donors (Lipinski definition) is 1. The molecular formula is C16H26N2O3S. The topological polar surface area (TPSA) is 80.5 Å². The van der Waals surface area contributed by atoms with Gasteiger partial charge in [-0.05, 0) is 12.5 Å². The molecule has 0 aromatic heterocycles. The number of nitrogens with two attached hydrogens (primary N) is 1. The third kappa shape index (κ3) is 4.81. The quantitative estimate of drug-likeness (QED) is 0.825. The monoisotopic (exact) mass is 326 g/mol. The average molecular weight is 326 g/mol. The molecule has 1 rings (SSSR count). The molecule has 0 saturated carbocycles. The van der Waals surface area contributed by atoms with Crippen LogP contribution in [0, 0.1) is 5.92 Å². The fraction of sp³-hybridized carbons (Fsp3) is 0.562. The zero-order valence-electron chi connectivity index (χ0n) is 13.7. The lowest BCUT2D eigenvalue weighted by Gasteiger charge is -2.30. The van der Waals surface area contributed by atoms with Crippen LogP contribution in [0.2, 0.25) is 0 Å². The van der Waals surface area contributed by atoms with Crippen LogP contribution in [-0.2, 0) is 14.6 Å². The summed E-state index contributed by atoms with van der Waals surface area (Å²) in [6.07, 6.45) is 0. The van der Waals surface area contributed by atoms with E-state index in [1.165, 1.54) is 4.90 Å². The van der Waals surface area contributed by atoms with Crippen LogP contribution in [0.25, 0.3) is 0 Å². The van der Waals surface area contributed by atoms with E-state index in [0.29, 0.717) is 0 Å². The number of nitrogens with zero attached hydrogens (tertiary/aromatic N) is 1. The Bertz CT molecular complexity index is 587. The van der Waals surface area contributed by atoms with Crippen LogP contribution in [0.15, 0.2) is 30.3 Å². The largest absolute Gasteiger partial charge is 0.342 e. The summed E-state index contributed by atoms with van der Waals surface area (Å²) in [6, 6.07) is 8.65. The molecule has 0 bridgehead atoms. The van der Waals surface area contributed by atoms with Crippen molar-refractivity contribution in [1.29, 1.82) is 0 Å². The number of sulfone groups is 1. The van der Waals surface area contributed by atoms with Crippen LogP contribution < -0.4 is 5.73 Å². The van der Waals surface area contributed by atoms with Crippen molar-refractivity contribution in [2.75, 3.05) is 18.6 Å². The van der Waals surface area contributed by atoms with Crippen molar-refractivity contribution >= 4 is 15.7 Å². The van der Waals surface area contributed by atoms with Crippen molar-refractivity contribution < 1.29 is 13.2 Å². The molecule has 5 nitrogen and oxygen atoms in total. The molecule has 1 amide bonds. The van der Waals surface area contributed by atoms with Crippen molar-refractivity contribution in [3.05, 3.63) is 35.9 Å². The van der Waals surface area contributed by atoms with Gasteiger partial charge in [-0.15, -0.1) is 0 Å². The van der Waals surface area contributed by atoms with Crippen molar-refractivity contribution in [1.82, 2.24) is 4.90 Å². The Hall–Kier alpha value is -1.40. The van der Waals surface area contributed by atoms with E-state index in [9.17, 15) is 13.2 Å². The maximum absolute atomic E-state index is 12.5. The third-order valence-corrected chi connectivity index (χ3v) is 5.93. The predicted molar refractivity (Wildman–Crippen MR) is 89.1 cm³/mol. The van der Waals surface area contributed by atoms with Crippen molar-refractivity contribution in [2.24, 2.45) is 11.7 Å². The molecule has 1 aromatic carbocycles. The van der Waals surface area contributed by atoms with Gasteiger partial charge >= 0.3 is 0 Å². The summed E-state index contributed by atoms with van der Waals surface area (Å²) in [7, 11) is -1.49. The van der Waals surface area contributed by atoms with Gasteiger partial charge in [0, 0.05) is 24.9 Å². The number of rotatable bonds is 7. The van der Waals surface area contributed by atoms with Crippen LogP contribution in [0.5, 0.6) is 0 Å². The Morgan fingerprint density at radius 1 is 1.23 bits per heavy atom. The fourth-order valence-corrected chi connectivity index (χ4v) is 3.45. The highest BCUT2D eigenvalue weighted by Crippen LogP contribution is 2.21. The first kappa shape index (κ1) is 18.6. The van der Waals surface area contributed by atoms with Crippen LogP contribution in [-0.4, -0.2) is 43.8 Å². The van der Waals surface area contributed by atoms with Gasteiger partial charge in [0.2, 0.25) is 5.91 Å². The van der Waals surface area contributed by atoms with Gasteiger partial charge < -0.3 is 10.6 Å². The molecule has 1 aromatic rings. The lowest BCUT2D eigenvalue weighted by atomic mass is 9.94. The number of carbonyl (C=O) groups excluding carboxylic acids is 1. The maximum atomic E-state index is 12.5. The number of benzene rings is 1. The van der Waals surface area contributed by atoms with Gasteiger partial charge in [-0.2, -0.15) is 0 Å². The van der Waals surface area contributed by atoms with Crippen LogP contribution in [0.3, 0.4) is 0 Å². The molecule has 0 radical (unpaired) electrons. The molecule has 0 spiro atoms. The molecular weight excluding hydrogens is 300 g/mol. The smallest absolute Gasteiger partial charge is 0.227 e. The molecule has 0 fully saturated rings. The Morgan fingerprint density at radius 3 is 2.27 bits per heavy atom. The van der Waals surface area contributed by atoms with E-state index in [1.54, 1.807) is 27.8 Å². The standard InChI is InChI=1S/C16H26N2O3S/c1-5-22(20,21)11-12(2)18(4)16(19)13(3)15(17)14-9-7-6-8-10-14/h6-10,12-13,15H,5,11,17H2,1-4H3. The van der Waals surface area contributed by atoms with Crippen LogP contribution >= 0.6 is 0 Å². The Morgan fingerprint density at radius 2 is 1.77 bits per heavy atom. The predicted octanol–water partition coefficient (Wildman–Crippen LogP) is 1.60. The minimum absolute atomic E-state index is 0.0287. The highest BCUT2D eigenvalue weighted by atomic mass is 32.2. The lowest BCUT2D eigenvalue weighted by Crippen LogP contribution is -2.44. The van der Waals surface area contributed by atoms with Gasteiger partial charge in [0.1, 0.15) is 0 Å². The summed E-state index contributed by atoms with van der Waals surface area (Å²) in [5.41, 5.74) is 7.06. The summed E-state index contributed by atoms with van der Waals surface area (Å²) < 4.78 is 23.4. The van der Waals surface area contributed by atoms with E-state index in [1.807, 2.05) is 30.3 Å². The van der Waals surface area contributed by atoms with Crippen LogP contribution in [0.4, 0.5) is 0 Å². The number of amides is 1. The van der Waals surface area contributed by atoms with Gasteiger partial charge in [-0.25, -0.2) is 8.42 Å². The SMILES string of the molecule is CCS(=O)(=O)CC(C)N(C)C(=O)C(C)C(N)c1ccccc1. The molecule has 0 saturated heterocycles. The molecule has 0 aliphatic rings. The van der Waals surface area contributed by atoms with Gasteiger partial charge in [0.25, 0.3) is 0 Å². The van der Waals surface area contributed by atoms with Crippen molar-refractivity contribution in [2.45, 2.75) is 32.9 Å². The second kappa shape index (κ2) is 7.74. The van der Waals surface area contributed by atoms with Gasteiger partial charge in [-0.3, -0.25) is 4.79 Å². The Labute approximate surface area is 133 Å². The summed E-state index contributed by atoms with van der Waals surface area (Å²) >= 11 is 0. The zero-order chi connectivity index (χ0) is 16.9. The first-order chi connectivity index (χ1) is 10.2. The number of hydrogen-bond acceptors (Lipinski definition) is 4.